The first-order chi connectivity index (χ1) is 16.3. The Labute approximate surface area is 198 Å². The topological polar surface area (TPSA) is 71.7 Å². The number of benzene rings is 3. The second kappa shape index (κ2) is 8.11. The summed E-state index contributed by atoms with van der Waals surface area (Å²) >= 11 is 6.10. The number of fused-ring (bicyclic) bond motifs is 1. The molecule has 0 radical (unpaired) electrons. The molecule has 1 aliphatic rings. The molecule has 0 atom stereocenters. The zero-order chi connectivity index (χ0) is 24.2. The van der Waals surface area contributed by atoms with Crippen molar-refractivity contribution in [2.45, 2.75) is 18.8 Å². The van der Waals surface area contributed by atoms with Crippen LogP contribution in [-0.4, -0.2) is 34.0 Å². The van der Waals surface area contributed by atoms with Crippen LogP contribution in [0.3, 0.4) is 0 Å². The normalized spacial score (nSPS) is 14.8. The van der Waals surface area contributed by atoms with Gasteiger partial charge in [-0.15, -0.1) is 0 Å². The number of aromatic carboxylic acids is 1. The quantitative estimate of drug-likeness (QED) is 0.349. The van der Waals surface area contributed by atoms with Crippen LogP contribution >= 0.6 is 11.6 Å². The fourth-order valence-electron chi connectivity index (χ4n) is 4.67. The maximum absolute atomic E-state index is 14.5. The van der Waals surface area contributed by atoms with Gasteiger partial charge >= 0.3 is 5.97 Å². The molecule has 5 rings (SSSR count). The smallest absolute Gasteiger partial charge is 0.335 e. The molecule has 1 aliphatic heterocycles. The molecule has 8 heteroatoms. The number of ether oxygens (including phenoxy) is 1. The number of nitrogens with zero attached hydrogens (tertiary/aromatic N) is 1. The van der Waals surface area contributed by atoms with Gasteiger partial charge in [0.2, 0.25) is 0 Å². The minimum Gasteiger partial charge on any atom is -0.507 e. The largest absolute Gasteiger partial charge is 0.507 e. The van der Waals surface area contributed by atoms with E-state index < -0.39 is 23.0 Å². The Balaban J connectivity index is 1.94. The number of hydrogen-bond acceptors (Lipinski definition) is 3. The standard InChI is InChI=1S/C26H20ClF2NO4/c1-2-26(12-34-13-26)24-22(14-3-5-15(6-4-14)25(32)33)23-20(9-16(28)10-21(23)31)30(24)17-7-8-19(29)18(27)11-17/h3-11,31H,2,12-13H2,1H3,(H,32,33). The van der Waals surface area contributed by atoms with Gasteiger partial charge in [-0.25, -0.2) is 13.6 Å². The first-order valence-electron chi connectivity index (χ1n) is 10.7. The zero-order valence-corrected chi connectivity index (χ0v) is 18.9. The van der Waals surface area contributed by atoms with E-state index in [4.69, 9.17) is 16.3 Å². The fraction of sp³-hybridized carbons (Fsp3) is 0.192. The highest BCUT2D eigenvalue weighted by molar-refractivity contribution is 6.30. The number of aromatic nitrogens is 1. The molecule has 0 bridgehead atoms. The molecule has 4 aromatic rings. The first kappa shape index (κ1) is 22.4. The van der Waals surface area contributed by atoms with Crippen LogP contribution in [0, 0.1) is 11.6 Å². The maximum Gasteiger partial charge on any atom is 0.335 e. The van der Waals surface area contributed by atoms with E-state index in [1.54, 1.807) is 22.8 Å². The van der Waals surface area contributed by atoms with E-state index in [-0.39, 0.29) is 16.3 Å². The second-order valence-corrected chi connectivity index (χ2v) is 8.89. The average molecular weight is 484 g/mol. The summed E-state index contributed by atoms with van der Waals surface area (Å²) in [6.07, 6.45) is 0.682. The van der Waals surface area contributed by atoms with Crippen molar-refractivity contribution in [2.75, 3.05) is 13.2 Å². The van der Waals surface area contributed by atoms with Gasteiger partial charge in [-0.2, -0.15) is 0 Å². The highest BCUT2D eigenvalue weighted by atomic mass is 35.5. The molecule has 2 heterocycles. The van der Waals surface area contributed by atoms with E-state index in [1.165, 1.54) is 30.3 Å². The summed E-state index contributed by atoms with van der Waals surface area (Å²) in [4.78, 5) is 11.4. The van der Waals surface area contributed by atoms with Gasteiger partial charge in [-0.05, 0) is 48.4 Å². The van der Waals surface area contributed by atoms with Crippen LogP contribution in [0.1, 0.15) is 29.4 Å². The average Bonchev–Trinajstić information content (AvgIpc) is 3.11. The molecule has 174 valence electrons. The van der Waals surface area contributed by atoms with Crippen LogP contribution in [0.4, 0.5) is 8.78 Å². The summed E-state index contributed by atoms with van der Waals surface area (Å²) in [5.41, 5.74) is 2.57. The van der Waals surface area contributed by atoms with Crippen LogP contribution < -0.4 is 0 Å². The van der Waals surface area contributed by atoms with Crippen molar-refractivity contribution in [1.82, 2.24) is 4.57 Å². The predicted molar refractivity (Wildman–Crippen MR) is 125 cm³/mol. The van der Waals surface area contributed by atoms with Gasteiger partial charge < -0.3 is 19.5 Å². The molecule has 34 heavy (non-hydrogen) atoms. The van der Waals surface area contributed by atoms with E-state index in [1.807, 2.05) is 6.92 Å². The molecule has 0 aliphatic carbocycles. The third-order valence-electron chi connectivity index (χ3n) is 6.53. The molecule has 0 spiro atoms. The maximum atomic E-state index is 14.5. The van der Waals surface area contributed by atoms with Gasteiger partial charge in [0.05, 0.1) is 40.1 Å². The van der Waals surface area contributed by atoms with E-state index in [9.17, 15) is 23.8 Å². The van der Waals surface area contributed by atoms with E-state index in [0.29, 0.717) is 47.4 Å². The second-order valence-electron chi connectivity index (χ2n) is 8.49. The molecule has 0 unspecified atom stereocenters. The summed E-state index contributed by atoms with van der Waals surface area (Å²) in [6, 6.07) is 12.9. The number of phenols is 1. The number of hydrogen-bond donors (Lipinski definition) is 2. The van der Waals surface area contributed by atoms with Crippen LogP contribution in [0.2, 0.25) is 5.02 Å². The Morgan fingerprint density at radius 1 is 1.12 bits per heavy atom. The molecular weight excluding hydrogens is 464 g/mol. The lowest BCUT2D eigenvalue weighted by molar-refractivity contribution is -0.0644. The van der Waals surface area contributed by atoms with Crippen molar-refractivity contribution < 1.29 is 28.5 Å². The molecule has 1 aromatic heterocycles. The van der Waals surface area contributed by atoms with Crippen LogP contribution in [0.25, 0.3) is 27.7 Å². The molecule has 0 saturated carbocycles. The molecule has 5 nitrogen and oxygen atoms in total. The number of carboxylic acids is 1. The van der Waals surface area contributed by atoms with Crippen molar-refractivity contribution in [3.63, 3.8) is 0 Å². The highest BCUT2D eigenvalue weighted by Gasteiger charge is 2.44. The summed E-state index contributed by atoms with van der Waals surface area (Å²) in [5.74, 6) is -2.53. The number of rotatable bonds is 5. The summed E-state index contributed by atoms with van der Waals surface area (Å²) in [7, 11) is 0. The third kappa shape index (κ3) is 3.35. The van der Waals surface area contributed by atoms with Crippen LogP contribution in [0.15, 0.2) is 54.6 Å². The van der Waals surface area contributed by atoms with E-state index in [0.717, 1.165) is 11.8 Å². The van der Waals surface area contributed by atoms with Crippen LogP contribution in [0.5, 0.6) is 5.75 Å². The monoisotopic (exact) mass is 483 g/mol. The molecule has 2 N–H and O–H groups in total. The van der Waals surface area contributed by atoms with Gasteiger partial charge in [-0.1, -0.05) is 30.7 Å². The Kier molecular flexibility index (Phi) is 5.34. The Morgan fingerprint density at radius 3 is 2.38 bits per heavy atom. The SMILES string of the molecule is CCC1(c2c(-c3ccc(C(=O)O)cc3)c3c(O)cc(F)cc3n2-c2ccc(F)c(Cl)c2)COC1. The predicted octanol–water partition coefficient (Wildman–Crippen LogP) is 6.31. The number of aromatic hydroxyl groups is 1. The number of carbonyl (C=O) groups is 1. The molecule has 1 fully saturated rings. The lowest BCUT2D eigenvalue weighted by atomic mass is 9.76. The lowest BCUT2D eigenvalue weighted by Crippen LogP contribution is -2.47. The fourth-order valence-corrected chi connectivity index (χ4v) is 4.85. The zero-order valence-electron chi connectivity index (χ0n) is 18.1. The van der Waals surface area contributed by atoms with E-state index >= 15 is 0 Å². The highest BCUT2D eigenvalue weighted by Crippen LogP contribution is 2.49. The van der Waals surface area contributed by atoms with Crippen molar-refractivity contribution in [2.24, 2.45) is 0 Å². The summed E-state index contributed by atoms with van der Waals surface area (Å²) in [6.45, 7) is 2.82. The van der Waals surface area contributed by atoms with Crippen molar-refractivity contribution in [3.05, 3.63) is 82.5 Å². The number of carboxylic acid groups (broad SMARTS) is 1. The van der Waals surface area contributed by atoms with Gasteiger partial charge in [0, 0.05) is 23.0 Å². The van der Waals surface area contributed by atoms with Crippen molar-refractivity contribution in [3.8, 4) is 22.6 Å². The minimum absolute atomic E-state index is 0.0892. The Morgan fingerprint density at radius 2 is 1.82 bits per heavy atom. The van der Waals surface area contributed by atoms with Crippen molar-refractivity contribution >= 4 is 28.5 Å². The van der Waals surface area contributed by atoms with Crippen molar-refractivity contribution in [1.29, 1.82) is 0 Å². The Bertz CT molecular complexity index is 1440. The molecular formula is C26H20ClF2NO4. The van der Waals surface area contributed by atoms with Gasteiger partial charge in [-0.3, -0.25) is 0 Å². The van der Waals surface area contributed by atoms with Crippen LogP contribution in [-0.2, 0) is 10.2 Å². The summed E-state index contributed by atoms with van der Waals surface area (Å²) < 4.78 is 35.9. The van der Waals surface area contributed by atoms with Gasteiger partial charge in [0.25, 0.3) is 0 Å². The van der Waals surface area contributed by atoms with Gasteiger partial charge in [0.15, 0.2) is 0 Å². The third-order valence-corrected chi connectivity index (χ3v) is 6.82. The summed E-state index contributed by atoms with van der Waals surface area (Å²) in [5, 5.41) is 20.5. The van der Waals surface area contributed by atoms with E-state index in [2.05, 4.69) is 0 Å². The molecule has 1 saturated heterocycles. The molecule has 0 amide bonds. The lowest BCUT2D eigenvalue weighted by Gasteiger charge is -2.42. The number of phenolic OH excluding ortho intramolecular Hbond substituents is 1. The minimum atomic E-state index is -1.06. The Hall–Kier alpha value is -3.42. The van der Waals surface area contributed by atoms with Gasteiger partial charge in [0.1, 0.15) is 17.4 Å². The number of halogens is 3. The first-order valence-corrected chi connectivity index (χ1v) is 11.1. The molecule has 3 aromatic carbocycles.